The Kier molecular flexibility index (Phi) is 4.49. The molecule has 4 rings (SSSR count). The topological polar surface area (TPSA) is 59.2 Å². The van der Waals surface area contributed by atoms with E-state index in [1.807, 2.05) is 12.1 Å². The van der Waals surface area contributed by atoms with Crippen LogP contribution in [0.5, 0.6) is 0 Å². The summed E-state index contributed by atoms with van der Waals surface area (Å²) in [4.78, 5) is 18.5. The highest BCUT2D eigenvalue weighted by atomic mass is 19.1. The third kappa shape index (κ3) is 3.54. The Morgan fingerprint density at radius 1 is 1.14 bits per heavy atom. The van der Waals surface area contributed by atoms with Crippen molar-refractivity contribution in [3.05, 3.63) is 65.8 Å². The fourth-order valence-electron chi connectivity index (χ4n) is 3.40. The third-order valence-electron chi connectivity index (χ3n) is 5.05. The third-order valence-corrected chi connectivity index (χ3v) is 5.05. The molecule has 1 atom stereocenters. The number of hydrogen-bond donors (Lipinski definition) is 0. The molecule has 5 nitrogen and oxygen atoms in total. The van der Waals surface area contributed by atoms with Crippen molar-refractivity contribution in [2.75, 3.05) is 11.4 Å². The second-order valence-corrected chi connectivity index (χ2v) is 8.17. The van der Waals surface area contributed by atoms with Crippen molar-refractivity contribution in [1.82, 2.24) is 10.1 Å². The van der Waals surface area contributed by atoms with Gasteiger partial charge in [0.05, 0.1) is 5.92 Å². The van der Waals surface area contributed by atoms with E-state index in [0.717, 1.165) is 5.56 Å². The number of amides is 1. The van der Waals surface area contributed by atoms with Crippen molar-refractivity contribution < 1.29 is 13.7 Å². The van der Waals surface area contributed by atoms with Crippen LogP contribution in [-0.2, 0) is 10.2 Å². The van der Waals surface area contributed by atoms with Gasteiger partial charge in [-0.2, -0.15) is 4.98 Å². The number of hydrogen-bond acceptors (Lipinski definition) is 4. The van der Waals surface area contributed by atoms with Gasteiger partial charge in [-0.05, 0) is 29.2 Å². The first-order chi connectivity index (χ1) is 13.3. The Morgan fingerprint density at radius 2 is 1.89 bits per heavy atom. The maximum atomic E-state index is 13.5. The highest BCUT2D eigenvalue weighted by Gasteiger charge is 2.35. The molecule has 1 saturated heterocycles. The van der Waals surface area contributed by atoms with Gasteiger partial charge in [0.1, 0.15) is 5.82 Å². The van der Waals surface area contributed by atoms with Gasteiger partial charge in [-0.1, -0.05) is 56.3 Å². The fourth-order valence-corrected chi connectivity index (χ4v) is 3.40. The molecule has 0 N–H and O–H groups in total. The zero-order chi connectivity index (χ0) is 19.9. The normalized spacial score (nSPS) is 17.4. The molecule has 3 aromatic rings. The molecule has 1 fully saturated rings. The number of carbonyl (C=O) groups is 1. The van der Waals surface area contributed by atoms with Crippen LogP contribution in [0, 0.1) is 5.82 Å². The first-order valence-electron chi connectivity index (χ1n) is 9.32. The monoisotopic (exact) mass is 379 g/mol. The van der Waals surface area contributed by atoms with E-state index in [1.165, 1.54) is 17.7 Å². The Morgan fingerprint density at radius 3 is 2.57 bits per heavy atom. The van der Waals surface area contributed by atoms with E-state index in [2.05, 4.69) is 43.0 Å². The van der Waals surface area contributed by atoms with Gasteiger partial charge in [0.25, 0.3) is 0 Å². The van der Waals surface area contributed by atoms with E-state index < -0.39 is 0 Å². The molecule has 0 bridgehead atoms. The molecule has 1 aliphatic rings. The summed E-state index contributed by atoms with van der Waals surface area (Å²) >= 11 is 0. The number of carbonyl (C=O) groups excluding carboxylic acids is 1. The largest absolute Gasteiger partial charge is 0.339 e. The molecule has 0 aliphatic carbocycles. The molecule has 28 heavy (non-hydrogen) atoms. The van der Waals surface area contributed by atoms with Crippen molar-refractivity contribution in [2.45, 2.75) is 38.5 Å². The fraction of sp³-hybridized carbons (Fsp3) is 0.318. The molecular formula is C22H22FN3O2. The summed E-state index contributed by atoms with van der Waals surface area (Å²) in [7, 11) is 0. The summed E-state index contributed by atoms with van der Waals surface area (Å²) in [6.07, 6.45) is 0.265. The lowest BCUT2D eigenvalue weighted by atomic mass is 9.87. The van der Waals surface area contributed by atoms with Crippen LogP contribution < -0.4 is 4.90 Å². The molecule has 1 aromatic heterocycles. The van der Waals surface area contributed by atoms with Crippen LogP contribution in [0.3, 0.4) is 0 Å². The summed E-state index contributed by atoms with van der Waals surface area (Å²) in [6.45, 7) is 6.88. The summed E-state index contributed by atoms with van der Waals surface area (Å²) in [5.74, 6) is 0.289. The van der Waals surface area contributed by atoms with Crippen LogP contribution in [0.1, 0.15) is 44.6 Å². The number of aromatic nitrogens is 2. The smallest absolute Gasteiger partial charge is 0.232 e. The van der Waals surface area contributed by atoms with Crippen LogP contribution in [-0.4, -0.2) is 22.6 Å². The zero-order valence-corrected chi connectivity index (χ0v) is 16.1. The molecule has 0 spiro atoms. The Bertz CT molecular complexity index is 1010. The summed E-state index contributed by atoms with van der Waals surface area (Å²) in [5.41, 5.74) is 2.72. The van der Waals surface area contributed by atoms with Crippen LogP contribution in [0.2, 0.25) is 0 Å². The van der Waals surface area contributed by atoms with E-state index in [1.54, 1.807) is 17.0 Å². The van der Waals surface area contributed by atoms with E-state index in [9.17, 15) is 9.18 Å². The van der Waals surface area contributed by atoms with Gasteiger partial charge in [0.15, 0.2) is 0 Å². The van der Waals surface area contributed by atoms with Crippen molar-refractivity contribution in [2.24, 2.45) is 0 Å². The summed E-state index contributed by atoms with van der Waals surface area (Å²) in [5, 5.41) is 4.08. The second kappa shape index (κ2) is 6.86. The minimum absolute atomic E-state index is 0.0749. The van der Waals surface area contributed by atoms with Crippen LogP contribution in [0.4, 0.5) is 10.1 Å². The number of halogens is 1. The van der Waals surface area contributed by atoms with Gasteiger partial charge < -0.3 is 9.42 Å². The zero-order valence-electron chi connectivity index (χ0n) is 16.1. The molecule has 6 heteroatoms. The van der Waals surface area contributed by atoms with Crippen molar-refractivity contribution >= 4 is 11.6 Å². The lowest BCUT2D eigenvalue weighted by Crippen LogP contribution is -2.24. The standard InChI is InChI=1S/C22H22FN3O2/c1-22(2,3)16-9-7-14(8-10-16)20-24-21(28-25-20)15-11-19(27)26(13-15)18-6-4-5-17(23)12-18/h4-10,12,15H,11,13H2,1-3H3. The van der Waals surface area contributed by atoms with Gasteiger partial charge in [-0.25, -0.2) is 4.39 Å². The Balaban J connectivity index is 1.53. The molecule has 2 aromatic carbocycles. The van der Waals surface area contributed by atoms with Crippen molar-refractivity contribution in [3.8, 4) is 11.4 Å². The van der Waals surface area contributed by atoms with E-state index in [4.69, 9.17) is 4.52 Å². The highest BCUT2D eigenvalue weighted by molar-refractivity contribution is 5.96. The van der Waals surface area contributed by atoms with Gasteiger partial charge in [-0.15, -0.1) is 0 Å². The van der Waals surface area contributed by atoms with Gasteiger partial charge in [-0.3, -0.25) is 4.79 Å². The Hall–Kier alpha value is -3.02. The predicted octanol–water partition coefficient (Wildman–Crippen LogP) is 4.69. The molecule has 1 aliphatic heterocycles. The minimum atomic E-state index is -0.368. The second-order valence-electron chi connectivity index (χ2n) is 8.17. The molecule has 2 heterocycles. The maximum Gasteiger partial charge on any atom is 0.232 e. The van der Waals surface area contributed by atoms with E-state index in [-0.39, 0.29) is 29.5 Å². The first-order valence-corrected chi connectivity index (χ1v) is 9.32. The number of nitrogens with zero attached hydrogens (tertiary/aromatic N) is 3. The number of benzene rings is 2. The molecule has 0 saturated carbocycles. The van der Waals surface area contributed by atoms with Gasteiger partial charge in [0, 0.05) is 24.2 Å². The van der Waals surface area contributed by atoms with E-state index >= 15 is 0 Å². The van der Waals surface area contributed by atoms with E-state index in [0.29, 0.717) is 23.9 Å². The summed E-state index contributed by atoms with van der Waals surface area (Å²) < 4.78 is 18.9. The van der Waals surface area contributed by atoms with Crippen molar-refractivity contribution in [3.63, 3.8) is 0 Å². The quantitative estimate of drug-likeness (QED) is 0.662. The SMILES string of the molecule is CC(C)(C)c1ccc(-c2noc(C3CC(=O)N(c4cccc(F)c4)C3)n2)cc1. The molecule has 0 radical (unpaired) electrons. The lowest BCUT2D eigenvalue weighted by Gasteiger charge is -2.18. The molecular weight excluding hydrogens is 357 g/mol. The number of anilines is 1. The van der Waals surface area contributed by atoms with Gasteiger partial charge >= 0.3 is 0 Å². The average molecular weight is 379 g/mol. The van der Waals surface area contributed by atoms with Gasteiger partial charge in [0.2, 0.25) is 17.6 Å². The molecule has 1 unspecified atom stereocenters. The van der Waals surface area contributed by atoms with Crippen LogP contribution in [0.25, 0.3) is 11.4 Å². The average Bonchev–Trinajstić information content (AvgIpc) is 3.28. The van der Waals surface area contributed by atoms with Crippen molar-refractivity contribution in [1.29, 1.82) is 0 Å². The molecule has 1 amide bonds. The highest BCUT2D eigenvalue weighted by Crippen LogP contribution is 2.32. The predicted molar refractivity (Wildman–Crippen MR) is 105 cm³/mol. The number of rotatable bonds is 3. The van der Waals surface area contributed by atoms with Crippen LogP contribution in [0.15, 0.2) is 53.1 Å². The molecule has 144 valence electrons. The van der Waals surface area contributed by atoms with Crippen LogP contribution >= 0.6 is 0 Å². The summed E-state index contributed by atoms with van der Waals surface area (Å²) in [6, 6.07) is 14.1. The minimum Gasteiger partial charge on any atom is -0.339 e. The Labute approximate surface area is 163 Å². The first kappa shape index (κ1) is 18.3. The maximum absolute atomic E-state index is 13.5. The lowest BCUT2D eigenvalue weighted by molar-refractivity contribution is -0.117.